The first-order chi connectivity index (χ1) is 9.18. The molecule has 19 heavy (non-hydrogen) atoms. The van der Waals surface area contributed by atoms with Crippen molar-refractivity contribution in [3.8, 4) is 0 Å². The zero-order valence-corrected chi connectivity index (χ0v) is 11.4. The van der Waals surface area contributed by atoms with E-state index < -0.39 is 5.97 Å². The minimum absolute atomic E-state index is 0.123. The van der Waals surface area contributed by atoms with E-state index in [4.69, 9.17) is 0 Å². The Kier molecular flexibility index (Phi) is 3.21. The van der Waals surface area contributed by atoms with Crippen LogP contribution in [-0.4, -0.2) is 23.2 Å². The average Bonchev–Trinajstić information content (AvgIpc) is 3.03. The highest BCUT2D eigenvalue weighted by molar-refractivity contribution is 5.73. The summed E-state index contributed by atoms with van der Waals surface area (Å²) in [6.07, 6.45) is 5.84. The van der Waals surface area contributed by atoms with Crippen LogP contribution >= 0.6 is 0 Å². The van der Waals surface area contributed by atoms with Gasteiger partial charge in [-0.3, -0.25) is 4.79 Å². The zero-order chi connectivity index (χ0) is 13.4. The third-order valence-corrected chi connectivity index (χ3v) is 4.74. The second kappa shape index (κ2) is 4.87. The minimum atomic E-state index is -0.680. The third kappa shape index (κ3) is 2.11. The maximum absolute atomic E-state index is 11.4. The number of nitrogens with zero attached hydrogens (tertiary/aromatic N) is 1. The largest absolute Gasteiger partial charge is 0.481 e. The van der Waals surface area contributed by atoms with Crippen molar-refractivity contribution >= 4 is 11.7 Å². The normalized spacial score (nSPS) is 24.5. The topological polar surface area (TPSA) is 40.5 Å². The van der Waals surface area contributed by atoms with Crippen molar-refractivity contribution in [2.75, 3.05) is 4.90 Å². The minimum Gasteiger partial charge on any atom is -0.481 e. The molecule has 3 nitrogen and oxygen atoms in total. The van der Waals surface area contributed by atoms with E-state index >= 15 is 0 Å². The van der Waals surface area contributed by atoms with Crippen LogP contribution in [0.15, 0.2) is 24.3 Å². The molecule has 0 amide bonds. The van der Waals surface area contributed by atoms with Gasteiger partial charge >= 0.3 is 5.97 Å². The van der Waals surface area contributed by atoms with E-state index in [2.05, 4.69) is 29.2 Å². The van der Waals surface area contributed by atoms with E-state index in [0.717, 1.165) is 6.42 Å². The van der Waals surface area contributed by atoms with Crippen LogP contribution in [0.4, 0.5) is 5.69 Å². The number of hydrogen-bond acceptors (Lipinski definition) is 2. The predicted molar refractivity (Wildman–Crippen MR) is 75.5 cm³/mol. The molecule has 1 saturated carbocycles. The predicted octanol–water partition coefficient (Wildman–Crippen LogP) is 3.08. The van der Waals surface area contributed by atoms with Crippen LogP contribution < -0.4 is 4.90 Å². The molecule has 3 heteroatoms. The molecule has 0 spiro atoms. The summed E-state index contributed by atoms with van der Waals surface area (Å²) >= 11 is 0. The van der Waals surface area contributed by atoms with Crippen LogP contribution in [0.2, 0.25) is 0 Å². The van der Waals surface area contributed by atoms with Crippen LogP contribution in [0.3, 0.4) is 0 Å². The lowest BCUT2D eigenvalue weighted by Crippen LogP contribution is -2.45. The van der Waals surface area contributed by atoms with Gasteiger partial charge in [0.2, 0.25) is 0 Å². The van der Waals surface area contributed by atoms with Crippen LogP contribution in [0, 0.1) is 5.92 Å². The van der Waals surface area contributed by atoms with Crippen molar-refractivity contribution in [1.82, 2.24) is 0 Å². The molecule has 0 bridgehead atoms. The quantitative estimate of drug-likeness (QED) is 0.907. The first-order valence-corrected chi connectivity index (χ1v) is 7.27. The summed E-state index contributed by atoms with van der Waals surface area (Å²) < 4.78 is 0. The van der Waals surface area contributed by atoms with Crippen LogP contribution in [0.1, 0.15) is 38.2 Å². The molecule has 102 valence electrons. The molecular weight excluding hydrogens is 238 g/mol. The smallest absolute Gasteiger partial charge is 0.308 e. The lowest BCUT2D eigenvalue weighted by molar-refractivity contribution is -0.141. The number of rotatable bonds is 3. The van der Waals surface area contributed by atoms with Crippen molar-refractivity contribution in [1.29, 1.82) is 0 Å². The number of carboxylic acid groups (broad SMARTS) is 1. The Morgan fingerprint density at radius 3 is 2.68 bits per heavy atom. The maximum Gasteiger partial charge on any atom is 0.308 e. The summed E-state index contributed by atoms with van der Waals surface area (Å²) in [5.41, 5.74) is 2.58. The highest BCUT2D eigenvalue weighted by Crippen LogP contribution is 2.40. The van der Waals surface area contributed by atoms with Gasteiger partial charge in [-0.2, -0.15) is 0 Å². The lowest BCUT2D eigenvalue weighted by Gasteiger charge is -2.35. The fraction of sp³-hybridized carbons (Fsp3) is 0.562. The number of benzene rings is 1. The highest BCUT2D eigenvalue weighted by atomic mass is 16.4. The van der Waals surface area contributed by atoms with Gasteiger partial charge in [0.05, 0.1) is 5.92 Å². The van der Waals surface area contributed by atoms with Crippen LogP contribution in [0.5, 0.6) is 0 Å². The Bertz CT molecular complexity index is 479. The number of aliphatic carboxylic acids is 1. The molecule has 1 N–H and O–H groups in total. The fourth-order valence-electron chi connectivity index (χ4n) is 3.67. The van der Waals surface area contributed by atoms with Gasteiger partial charge in [0.1, 0.15) is 0 Å². The molecule has 0 aromatic heterocycles. The standard InChI is InChI=1S/C16H21NO2/c1-11(16(18)19)15-10-12-6-2-5-9-14(12)17(15)13-7-3-4-8-13/h2,5-6,9,11,13,15H,3-4,7-8,10H2,1H3,(H,18,19). The summed E-state index contributed by atoms with van der Waals surface area (Å²) in [5, 5.41) is 9.36. The Morgan fingerprint density at radius 2 is 2.00 bits per heavy atom. The first kappa shape index (κ1) is 12.5. The average molecular weight is 259 g/mol. The van der Waals surface area contributed by atoms with E-state index in [0.29, 0.717) is 6.04 Å². The number of hydrogen-bond donors (Lipinski definition) is 1. The molecule has 0 radical (unpaired) electrons. The summed E-state index contributed by atoms with van der Waals surface area (Å²) in [5.74, 6) is -0.992. The Morgan fingerprint density at radius 1 is 1.32 bits per heavy atom. The van der Waals surface area contributed by atoms with E-state index in [1.807, 2.05) is 6.92 Å². The van der Waals surface area contributed by atoms with Crippen molar-refractivity contribution < 1.29 is 9.90 Å². The maximum atomic E-state index is 11.4. The molecule has 3 rings (SSSR count). The molecule has 0 saturated heterocycles. The molecular formula is C16H21NO2. The molecule has 2 atom stereocenters. The van der Waals surface area contributed by atoms with Crippen molar-refractivity contribution in [3.05, 3.63) is 29.8 Å². The Hall–Kier alpha value is -1.51. The van der Waals surface area contributed by atoms with Gasteiger partial charge in [0.15, 0.2) is 0 Å². The van der Waals surface area contributed by atoms with Crippen molar-refractivity contribution in [2.24, 2.45) is 5.92 Å². The summed E-state index contributed by atoms with van der Waals surface area (Å²) in [4.78, 5) is 13.8. The van der Waals surface area contributed by atoms with Crippen molar-refractivity contribution in [3.63, 3.8) is 0 Å². The van der Waals surface area contributed by atoms with Gasteiger partial charge in [-0.25, -0.2) is 0 Å². The zero-order valence-electron chi connectivity index (χ0n) is 11.4. The molecule has 2 unspecified atom stereocenters. The van der Waals surface area contributed by atoms with Crippen molar-refractivity contribution in [2.45, 2.75) is 51.1 Å². The first-order valence-electron chi connectivity index (χ1n) is 7.27. The molecule has 1 aliphatic carbocycles. The number of fused-ring (bicyclic) bond motifs is 1. The fourth-order valence-corrected chi connectivity index (χ4v) is 3.67. The molecule has 1 aromatic carbocycles. The number of anilines is 1. The monoisotopic (exact) mass is 259 g/mol. The summed E-state index contributed by atoms with van der Waals surface area (Å²) in [6, 6.07) is 9.08. The van der Waals surface area contributed by atoms with Gasteiger partial charge in [-0.15, -0.1) is 0 Å². The second-order valence-electron chi connectivity index (χ2n) is 5.87. The lowest BCUT2D eigenvalue weighted by atomic mass is 9.97. The van der Waals surface area contributed by atoms with Gasteiger partial charge in [0, 0.05) is 17.8 Å². The number of carboxylic acids is 1. The number of carbonyl (C=O) groups is 1. The summed E-state index contributed by atoms with van der Waals surface area (Å²) in [6.45, 7) is 1.85. The molecule has 1 aliphatic heterocycles. The molecule has 1 heterocycles. The van der Waals surface area contributed by atoms with Gasteiger partial charge in [0.25, 0.3) is 0 Å². The molecule has 2 aliphatic rings. The van der Waals surface area contributed by atoms with Crippen LogP contribution in [0.25, 0.3) is 0 Å². The number of para-hydroxylation sites is 1. The third-order valence-electron chi connectivity index (χ3n) is 4.74. The SMILES string of the molecule is CC(C(=O)O)C1Cc2ccccc2N1C1CCCC1. The second-order valence-corrected chi connectivity index (χ2v) is 5.87. The molecule has 1 fully saturated rings. The van der Waals surface area contributed by atoms with Gasteiger partial charge in [-0.1, -0.05) is 31.0 Å². The van der Waals surface area contributed by atoms with E-state index in [-0.39, 0.29) is 12.0 Å². The highest BCUT2D eigenvalue weighted by Gasteiger charge is 2.40. The van der Waals surface area contributed by atoms with Gasteiger partial charge < -0.3 is 10.0 Å². The van der Waals surface area contributed by atoms with Gasteiger partial charge in [-0.05, 0) is 37.8 Å². The van der Waals surface area contributed by atoms with E-state index in [1.54, 1.807) is 0 Å². The van der Waals surface area contributed by atoms with E-state index in [9.17, 15) is 9.90 Å². The van der Waals surface area contributed by atoms with Crippen LogP contribution in [-0.2, 0) is 11.2 Å². The Labute approximate surface area is 114 Å². The summed E-state index contributed by atoms with van der Waals surface area (Å²) in [7, 11) is 0. The van der Waals surface area contributed by atoms with E-state index in [1.165, 1.54) is 36.9 Å². The molecule has 1 aromatic rings. The Balaban J connectivity index is 1.95.